The van der Waals surface area contributed by atoms with Crippen molar-refractivity contribution in [3.8, 4) is 22.5 Å². The highest BCUT2D eigenvalue weighted by molar-refractivity contribution is 5.95. The number of carbonyl (C=O) groups excluding carboxylic acids is 1. The fraction of sp³-hybridized carbons (Fsp3) is 0.250. The quantitative estimate of drug-likeness (QED) is 0.493. The summed E-state index contributed by atoms with van der Waals surface area (Å²) in [6.07, 6.45) is 5.03. The van der Waals surface area contributed by atoms with Crippen molar-refractivity contribution in [3.63, 3.8) is 0 Å². The smallest absolute Gasteiger partial charge is 0.339 e. The summed E-state index contributed by atoms with van der Waals surface area (Å²) in [5, 5.41) is 11.5. The molecule has 4 aromatic rings. The molecule has 1 aromatic carbocycles. The monoisotopic (exact) mass is 413 g/mol. The van der Waals surface area contributed by atoms with E-state index in [2.05, 4.69) is 25.5 Å². The van der Waals surface area contributed by atoms with E-state index in [0.717, 1.165) is 65.0 Å². The Bertz CT molecular complexity index is 1240. The molecule has 0 unspecified atom stereocenters. The topological polar surface area (TPSA) is 92.8 Å². The van der Waals surface area contributed by atoms with Crippen LogP contribution in [0.5, 0.6) is 0 Å². The highest BCUT2D eigenvalue weighted by Crippen LogP contribution is 2.31. The summed E-state index contributed by atoms with van der Waals surface area (Å²) in [7, 11) is 0. The lowest BCUT2D eigenvalue weighted by Gasteiger charge is -2.22. The zero-order valence-corrected chi connectivity index (χ0v) is 17.3. The van der Waals surface area contributed by atoms with Gasteiger partial charge in [0.2, 0.25) is 0 Å². The third-order valence-corrected chi connectivity index (χ3v) is 5.57. The standard InChI is InChI=1S/C24H23N5O2/c1-15-3-2-4-22(28-15)23-20(14-27-29-23)16-5-6-21-17(11-16)12-18(13-26-21)24(30)31-19-7-9-25-10-8-19/h2-6,11-14,19,25H,7-10H2,1H3,(H,27,29). The second-order valence-corrected chi connectivity index (χ2v) is 7.81. The summed E-state index contributed by atoms with van der Waals surface area (Å²) in [4.78, 5) is 21.7. The Kier molecular flexibility index (Phi) is 5.18. The number of hydrogen-bond donors (Lipinski definition) is 2. The van der Waals surface area contributed by atoms with Gasteiger partial charge < -0.3 is 10.1 Å². The summed E-state index contributed by atoms with van der Waals surface area (Å²) < 4.78 is 5.67. The van der Waals surface area contributed by atoms with E-state index >= 15 is 0 Å². The second-order valence-electron chi connectivity index (χ2n) is 7.81. The van der Waals surface area contributed by atoms with Gasteiger partial charge in [0.1, 0.15) is 6.10 Å². The van der Waals surface area contributed by atoms with Crippen LogP contribution in [0.2, 0.25) is 0 Å². The minimum atomic E-state index is -0.320. The Balaban J connectivity index is 1.46. The molecule has 1 aliphatic heterocycles. The Morgan fingerprint density at radius 1 is 1.10 bits per heavy atom. The van der Waals surface area contributed by atoms with Crippen molar-refractivity contribution in [2.24, 2.45) is 0 Å². The number of benzene rings is 1. The average molecular weight is 413 g/mol. The molecule has 0 bridgehead atoms. The van der Waals surface area contributed by atoms with E-state index < -0.39 is 0 Å². The molecule has 1 fully saturated rings. The van der Waals surface area contributed by atoms with Crippen LogP contribution in [0.3, 0.4) is 0 Å². The molecule has 5 rings (SSSR count). The van der Waals surface area contributed by atoms with Gasteiger partial charge in [0, 0.05) is 22.8 Å². The van der Waals surface area contributed by atoms with Crippen LogP contribution in [-0.2, 0) is 4.74 Å². The minimum absolute atomic E-state index is 0.0360. The van der Waals surface area contributed by atoms with E-state index in [4.69, 9.17) is 4.74 Å². The first-order chi connectivity index (χ1) is 15.2. The lowest BCUT2D eigenvalue weighted by Crippen LogP contribution is -2.33. The molecule has 0 amide bonds. The van der Waals surface area contributed by atoms with Crippen molar-refractivity contribution in [2.45, 2.75) is 25.9 Å². The first-order valence-electron chi connectivity index (χ1n) is 10.5. The number of carbonyl (C=O) groups is 1. The number of esters is 1. The number of piperidine rings is 1. The van der Waals surface area contributed by atoms with Crippen LogP contribution in [0.4, 0.5) is 0 Å². The van der Waals surface area contributed by atoms with Crippen molar-refractivity contribution in [2.75, 3.05) is 13.1 Å². The fourth-order valence-corrected chi connectivity index (χ4v) is 3.93. The molecule has 0 aliphatic carbocycles. The molecule has 0 spiro atoms. The maximum atomic E-state index is 12.6. The molecular weight excluding hydrogens is 390 g/mol. The maximum Gasteiger partial charge on any atom is 0.339 e. The van der Waals surface area contributed by atoms with Gasteiger partial charge in [0.05, 0.1) is 28.7 Å². The Morgan fingerprint density at radius 3 is 2.81 bits per heavy atom. The molecule has 7 heteroatoms. The number of aromatic amines is 1. The van der Waals surface area contributed by atoms with Gasteiger partial charge >= 0.3 is 5.97 Å². The van der Waals surface area contributed by atoms with Crippen LogP contribution in [0, 0.1) is 6.92 Å². The largest absolute Gasteiger partial charge is 0.459 e. The average Bonchev–Trinajstić information content (AvgIpc) is 3.29. The molecule has 3 aromatic heterocycles. The number of hydrogen-bond acceptors (Lipinski definition) is 6. The SMILES string of the molecule is Cc1cccc(-c2[nH]ncc2-c2ccc3ncc(C(=O)OC4CCNCC4)cc3c2)n1. The minimum Gasteiger partial charge on any atom is -0.459 e. The molecule has 7 nitrogen and oxygen atoms in total. The lowest BCUT2D eigenvalue weighted by molar-refractivity contribution is 0.0229. The predicted octanol–water partition coefficient (Wildman–Crippen LogP) is 3.90. The van der Waals surface area contributed by atoms with E-state index in [1.54, 1.807) is 12.4 Å². The van der Waals surface area contributed by atoms with Gasteiger partial charge in [-0.15, -0.1) is 0 Å². The Morgan fingerprint density at radius 2 is 1.97 bits per heavy atom. The summed E-state index contributed by atoms with van der Waals surface area (Å²) in [5.41, 5.74) is 5.85. The van der Waals surface area contributed by atoms with Crippen molar-refractivity contribution >= 4 is 16.9 Å². The lowest BCUT2D eigenvalue weighted by atomic mass is 10.0. The van der Waals surface area contributed by atoms with Crippen LogP contribution < -0.4 is 5.32 Å². The molecule has 4 heterocycles. The van der Waals surface area contributed by atoms with Crippen LogP contribution >= 0.6 is 0 Å². The molecule has 0 saturated carbocycles. The summed E-state index contributed by atoms with van der Waals surface area (Å²) in [6.45, 7) is 3.71. The number of nitrogens with zero attached hydrogens (tertiary/aromatic N) is 3. The van der Waals surface area contributed by atoms with Crippen LogP contribution in [0.1, 0.15) is 28.9 Å². The van der Waals surface area contributed by atoms with Gasteiger partial charge in [0.25, 0.3) is 0 Å². The number of ether oxygens (including phenoxy) is 1. The van der Waals surface area contributed by atoms with Gasteiger partial charge in [-0.3, -0.25) is 15.1 Å². The van der Waals surface area contributed by atoms with Crippen LogP contribution in [-0.4, -0.2) is 45.3 Å². The summed E-state index contributed by atoms with van der Waals surface area (Å²) in [5.74, 6) is -0.320. The number of aromatic nitrogens is 4. The number of aryl methyl sites for hydroxylation is 1. The van der Waals surface area contributed by atoms with Gasteiger partial charge in [0.15, 0.2) is 0 Å². The van der Waals surface area contributed by atoms with Crippen LogP contribution in [0.15, 0.2) is 54.9 Å². The predicted molar refractivity (Wildman–Crippen MR) is 119 cm³/mol. The summed E-state index contributed by atoms with van der Waals surface area (Å²) in [6, 6.07) is 13.7. The third-order valence-electron chi connectivity index (χ3n) is 5.57. The van der Waals surface area contributed by atoms with E-state index in [-0.39, 0.29) is 12.1 Å². The zero-order chi connectivity index (χ0) is 21.2. The molecule has 2 N–H and O–H groups in total. The van der Waals surface area contributed by atoms with Gasteiger partial charge in [-0.05, 0) is 68.8 Å². The summed E-state index contributed by atoms with van der Waals surface area (Å²) >= 11 is 0. The van der Waals surface area contributed by atoms with E-state index in [9.17, 15) is 4.79 Å². The normalized spacial score (nSPS) is 14.6. The van der Waals surface area contributed by atoms with Crippen LogP contribution in [0.25, 0.3) is 33.4 Å². The number of H-pyrrole nitrogens is 1. The Labute approximate surface area is 179 Å². The first-order valence-corrected chi connectivity index (χ1v) is 10.5. The molecule has 156 valence electrons. The third kappa shape index (κ3) is 4.04. The number of rotatable bonds is 4. The van der Waals surface area contributed by atoms with Gasteiger partial charge in [-0.25, -0.2) is 4.79 Å². The highest BCUT2D eigenvalue weighted by Gasteiger charge is 2.19. The van der Waals surface area contributed by atoms with Crippen molar-refractivity contribution < 1.29 is 9.53 Å². The van der Waals surface area contributed by atoms with Gasteiger partial charge in [-0.1, -0.05) is 12.1 Å². The molecular formula is C24H23N5O2. The van der Waals surface area contributed by atoms with E-state index in [1.165, 1.54) is 0 Å². The first kappa shape index (κ1) is 19.4. The van der Waals surface area contributed by atoms with E-state index in [0.29, 0.717) is 5.56 Å². The Hall–Kier alpha value is -3.58. The number of pyridine rings is 2. The van der Waals surface area contributed by atoms with Crippen molar-refractivity contribution in [3.05, 3.63) is 66.1 Å². The molecule has 31 heavy (non-hydrogen) atoms. The number of fused-ring (bicyclic) bond motifs is 1. The highest BCUT2D eigenvalue weighted by atomic mass is 16.5. The van der Waals surface area contributed by atoms with E-state index in [1.807, 2.05) is 49.4 Å². The van der Waals surface area contributed by atoms with Crippen molar-refractivity contribution in [1.29, 1.82) is 0 Å². The zero-order valence-electron chi connectivity index (χ0n) is 17.3. The molecule has 1 aliphatic rings. The van der Waals surface area contributed by atoms with Gasteiger partial charge in [-0.2, -0.15) is 5.10 Å². The van der Waals surface area contributed by atoms with Crippen molar-refractivity contribution in [1.82, 2.24) is 25.5 Å². The second kappa shape index (κ2) is 8.28. The maximum absolute atomic E-state index is 12.6. The molecule has 0 radical (unpaired) electrons. The number of nitrogens with one attached hydrogen (secondary N) is 2. The molecule has 1 saturated heterocycles. The fourth-order valence-electron chi connectivity index (χ4n) is 3.93. The molecule has 0 atom stereocenters.